The lowest BCUT2D eigenvalue weighted by molar-refractivity contribution is -0.890. The van der Waals surface area contributed by atoms with Gasteiger partial charge in [0.1, 0.15) is 5.75 Å². The number of carbonyl (C=O) groups excluding carboxylic acids is 1. The average molecular weight is 588 g/mol. The number of carbonyl (C=O) groups is 1. The maximum Gasteiger partial charge on any atom is 0.220 e. The second-order valence-corrected chi connectivity index (χ2v) is 15.7. The van der Waals surface area contributed by atoms with Crippen molar-refractivity contribution >= 4 is 5.91 Å². The summed E-state index contributed by atoms with van der Waals surface area (Å²) in [5.41, 5.74) is 2.75. The summed E-state index contributed by atoms with van der Waals surface area (Å²) in [6.07, 6.45) is 21.8. The van der Waals surface area contributed by atoms with E-state index in [1.54, 1.807) is 0 Å². The summed E-state index contributed by atoms with van der Waals surface area (Å²) < 4.78 is 1.03. The molecule has 4 heteroatoms. The second-order valence-electron chi connectivity index (χ2n) is 15.7. The van der Waals surface area contributed by atoms with Crippen molar-refractivity contribution in [3.8, 4) is 5.75 Å². The van der Waals surface area contributed by atoms with Crippen molar-refractivity contribution in [2.75, 3.05) is 33.7 Å². The van der Waals surface area contributed by atoms with E-state index in [0.717, 1.165) is 40.7 Å². The molecule has 1 rings (SSSR count). The minimum atomic E-state index is -0.153. The molecule has 0 saturated carbocycles. The van der Waals surface area contributed by atoms with Crippen molar-refractivity contribution in [2.45, 2.75) is 168 Å². The van der Waals surface area contributed by atoms with Gasteiger partial charge in [0.2, 0.25) is 5.91 Å². The van der Waals surface area contributed by atoms with E-state index in [0.29, 0.717) is 18.6 Å². The number of unbranched alkanes of at least 4 members (excludes halogenated alkanes) is 13. The first-order valence-corrected chi connectivity index (χ1v) is 17.6. The fourth-order valence-electron chi connectivity index (χ4n) is 5.91. The Balaban J connectivity index is 2.21. The highest BCUT2D eigenvalue weighted by molar-refractivity contribution is 5.76. The van der Waals surface area contributed by atoms with Crippen molar-refractivity contribution in [2.24, 2.45) is 0 Å². The van der Waals surface area contributed by atoms with Crippen molar-refractivity contribution in [3.63, 3.8) is 0 Å². The topological polar surface area (TPSA) is 49.3 Å². The number of benzene rings is 1. The summed E-state index contributed by atoms with van der Waals surface area (Å²) in [6.45, 7) is 18.1. The molecule has 0 radical (unpaired) electrons. The van der Waals surface area contributed by atoms with Gasteiger partial charge in [-0.2, -0.15) is 0 Å². The molecule has 0 aromatic heterocycles. The number of hydrogen-bond acceptors (Lipinski definition) is 2. The monoisotopic (exact) mass is 588 g/mol. The molecule has 0 aliphatic heterocycles. The number of aryl methyl sites for hydroxylation is 1. The molecular weight excluding hydrogens is 516 g/mol. The van der Waals surface area contributed by atoms with E-state index in [-0.39, 0.29) is 16.7 Å². The largest absolute Gasteiger partial charge is 0.507 e. The van der Waals surface area contributed by atoms with Gasteiger partial charge in [0.05, 0.1) is 27.2 Å². The van der Waals surface area contributed by atoms with Gasteiger partial charge in [-0.3, -0.25) is 4.79 Å². The summed E-state index contributed by atoms with van der Waals surface area (Å²) >= 11 is 0. The highest BCUT2D eigenvalue weighted by atomic mass is 16.3. The number of amides is 1. The molecule has 1 aromatic carbocycles. The van der Waals surface area contributed by atoms with E-state index in [2.05, 4.69) is 80.0 Å². The number of nitrogens with one attached hydrogen (secondary N) is 1. The number of quaternary nitrogens is 1. The van der Waals surface area contributed by atoms with Crippen molar-refractivity contribution in [1.82, 2.24) is 5.32 Å². The molecule has 42 heavy (non-hydrogen) atoms. The normalized spacial score (nSPS) is 12.6. The molecule has 0 saturated heterocycles. The molecule has 4 nitrogen and oxygen atoms in total. The third-order valence-corrected chi connectivity index (χ3v) is 8.81. The third-order valence-electron chi connectivity index (χ3n) is 8.81. The summed E-state index contributed by atoms with van der Waals surface area (Å²) in [7, 11) is 4.66. The van der Waals surface area contributed by atoms with Crippen LogP contribution >= 0.6 is 0 Å². The van der Waals surface area contributed by atoms with Gasteiger partial charge in [-0.1, -0.05) is 138 Å². The molecule has 0 heterocycles. The minimum absolute atomic E-state index is 0.120. The number of nitrogens with zero attached hydrogens (tertiary/aromatic N) is 1. The van der Waals surface area contributed by atoms with E-state index in [1.807, 2.05) is 0 Å². The highest BCUT2D eigenvalue weighted by Gasteiger charge is 2.26. The minimum Gasteiger partial charge on any atom is -0.507 e. The summed E-state index contributed by atoms with van der Waals surface area (Å²) in [5.74, 6) is 0.521. The van der Waals surface area contributed by atoms with Gasteiger partial charge in [0.25, 0.3) is 0 Å². The molecular formula is C38H71N2O2+. The van der Waals surface area contributed by atoms with Gasteiger partial charge in [-0.05, 0) is 46.8 Å². The maximum atomic E-state index is 12.6. The highest BCUT2D eigenvalue weighted by Crippen LogP contribution is 2.40. The van der Waals surface area contributed by atoms with Crippen LogP contribution in [0.3, 0.4) is 0 Å². The number of phenols is 1. The van der Waals surface area contributed by atoms with Crippen LogP contribution in [0.4, 0.5) is 0 Å². The van der Waals surface area contributed by atoms with Gasteiger partial charge in [0.15, 0.2) is 0 Å². The molecule has 0 spiro atoms. The standard InChI is InChI=1S/C38H70N2O2/c1-10-11-12-13-14-15-16-17-18-19-20-21-22-23-28-40(8,9)29-24-27-39-35(41)26-25-32-30-33(37(2,3)4)36(42)34(31-32)38(5,6)7/h30-31H,10-29H2,1-9H3,(H-,39,41,42)/p+1. The molecule has 0 bridgehead atoms. The lowest BCUT2D eigenvalue weighted by atomic mass is 9.78. The summed E-state index contributed by atoms with van der Waals surface area (Å²) in [6, 6.07) is 4.18. The van der Waals surface area contributed by atoms with Gasteiger partial charge < -0.3 is 14.9 Å². The van der Waals surface area contributed by atoms with E-state index >= 15 is 0 Å². The van der Waals surface area contributed by atoms with Gasteiger partial charge in [-0.25, -0.2) is 0 Å². The van der Waals surface area contributed by atoms with Crippen molar-refractivity contribution in [3.05, 3.63) is 28.8 Å². The Morgan fingerprint density at radius 2 is 1.10 bits per heavy atom. The molecule has 1 aromatic rings. The van der Waals surface area contributed by atoms with Crippen LogP contribution < -0.4 is 5.32 Å². The lowest BCUT2D eigenvalue weighted by Crippen LogP contribution is -2.42. The fourth-order valence-corrected chi connectivity index (χ4v) is 5.91. The quantitative estimate of drug-likeness (QED) is 0.105. The first kappa shape index (κ1) is 38.5. The van der Waals surface area contributed by atoms with E-state index in [9.17, 15) is 9.90 Å². The Kier molecular flexibility index (Phi) is 18.0. The Morgan fingerprint density at radius 1 is 0.690 bits per heavy atom. The predicted molar refractivity (Wildman–Crippen MR) is 184 cm³/mol. The maximum absolute atomic E-state index is 12.6. The Hall–Kier alpha value is -1.55. The Bertz CT molecular complexity index is 841. The zero-order valence-electron chi connectivity index (χ0n) is 29.6. The molecule has 0 atom stereocenters. The zero-order chi connectivity index (χ0) is 31.7. The zero-order valence-corrected chi connectivity index (χ0v) is 29.6. The van der Waals surface area contributed by atoms with Crippen LogP contribution in [0.15, 0.2) is 12.1 Å². The summed E-state index contributed by atoms with van der Waals surface area (Å²) in [5, 5.41) is 14.1. The van der Waals surface area contributed by atoms with Crippen LogP contribution in [0.1, 0.15) is 168 Å². The van der Waals surface area contributed by atoms with Gasteiger partial charge in [-0.15, -0.1) is 0 Å². The van der Waals surface area contributed by atoms with Crippen LogP contribution in [0, 0.1) is 0 Å². The number of hydrogen-bond donors (Lipinski definition) is 2. The molecule has 244 valence electrons. The van der Waals surface area contributed by atoms with Crippen LogP contribution in [-0.4, -0.2) is 49.2 Å². The van der Waals surface area contributed by atoms with E-state index < -0.39 is 0 Å². The SMILES string of the molecule is CCCCCCCCCCCCCCCC[N+](C)(C)CCCNC(=O)CCc1cc(C(C)(C)C)c(O)c(C(C)(C)C)c1. The van der Waals surface area contributed by atoms with Gasteiger partial charge in [0, 0.05) is 19.4 Å². The van der Waals surface area contributed by atoms with Crippen LogP contribution in [-0.2, 0) is 22.0 Å². The first-order valence-electron chi connectivity index (χ1n) is 17.6. The number of rotatable bonds is 22. The van der Waals surface area contributed by atoms with E-state index in [4.69, 9.17) is 0 Å². The molecule has 0 aliphatic carbocycles. The molecule has 2 N–H and O–H groups in total. The second kappa shape index (κ2) is 19.7. The molecule has 0 aliphatic rings. The number of phenolic OH excluding ortho intramolecular Hbond substituents is 1. The van der Waals surface area contributed by atoms with Crippen molar-refractivity contribution in [1.29, 1.82) is 0 Å². The van der Waals surface area contributed by atoms with Crippen LogP contribution in [0.25, 0.3) is 0 Å². The molecule has 0 unspecified atom stereocenters. The van der Waals surface area contributed by atoms with E-state index in [1.165, 1.54) is 96.4 Å². The Labute approximate surface area is 262 Å². The molecule has 0 fully saturated rings. The fraction of sp³-hybridized carbons (Fsp3) is 0.816. The third kappa shape index (κ3) is 16.9. The van der Waals surface area contributed by atoms with Crippen LogP contribution in [0.5, 0.6) is 5.75 Å². The lowest BCUT2D eigenvalue weighted by Gasteiger charge is -2.30. The first-order chi connectivity index (χ1) is 19.7. The smallest absolute Gasteiger partial charge is 0.220 e. The summed E-state index contributed by atoms with van der Waals surface area (Å²) in [4.78, 5) is 12.6. The van der Waals surface area contributed by atoms with Crippen molar-refractivity contribution < 1.29 is 14.4 Å². The Morgan fingerprint density at radius 3 is 1.52 bits per heavy atom. The molecule has 1 amide bonds. The van der Waals surface area contributed by atoms with Gasteiger partial charge >= 0.3 is 0 Å². The van der Waals surface area contributed by atoms with Crippen LogP contribution in [0.2, 0.25) is 0 Å². The predicted octanol–water partition coefficient (Wildman–Crippen LogP) is 9.98. The average Bonchev–Trinajstić information content (AvgIpc) is 2.89. The number of aromatic hydroxyl groups is 1.